The first-order valence-electron chi connectivity index (χ1n) is 5.91. The third-order valence-corrected chi connectivity index (χ3v) is 2.97. The first kappa shape index (κ1) is 15.4. The first-order chi connectivity index (χ1) is 8.50. The number of hydrogen-bond donors (Lipinski definition) is 2. The molecule has 18 heavy (non-hydrogen) atoms. The van der Waals surface area contributed by atoms with Crippen molar-refractivity contribution in [1.29, 1.82) is 0 Å². The standard InChI is InChI=1S/C13H19BrN2OS/c1-9(2)8-17-6-5-16-12-7-10(14)3-4-11(12)13(15)18/h3-4,7,9,16H,5-6,8H2,1-2H3,(H2,15,18). The van der Waals surface area contributed by atoms with Crippen molar-refractivity contribution in [3.63, 3.8) is 0 Å². The Morgan fingerprint density at radius 2 is 2.22 bits per heavy atom. The number of anilines is 1. The Kier molecular flexibility index (Phi) is 6.60. The largest absolute Gasteiger partial charge is 0.389 e. The fraction of sp³-hybridized carbons (Fsp3) is 0.462. The molecule has 1 aromatic carbocycles. The van der Waals surface area contributed by atoms with Gasteiger partial charge in [-0.05, 0) is 24.1 Å². The molecule has 3 nitrogen and oxygen atoms in total. The van der Waals surface area contributed by atoms with Crippen LogP contribution in [-0.4, -0.2) is 24.7 Å². The second-order valence-corrected chi connectivity index (χ2v) is 5.81. The highest BCUT2D eigenvalue weighted by Crippen LogP contribution is 2.21. The Bertz CT molecular complexity index is 410. The second-order valence-electron chi connectivity index (χ2n) is 4.45. The SMILES string of the molecule is CC(C)COCCNc1cc(Br)ccc1C(N)=S. The maximum Gasteiger partial charge on any atom is 0.106 e. The third kappa shape index (κ3) is 5.33. The fourth-order valence-corrected chi connectivity index (χ4v) is 1.99. The highest BCUT2D eigenvalue weighted by atomic mass is 79.9. The molecule has 0 aromatic heterocycles. The van der Waals surface area contributed by atoms with Crippen LogP contribution in [0.25, 0.3) is 0 Å². The molecule has 0 amide bonds. The van der Waals surface area contributed by atoms with E-state index in [9.17, 15) is 0 Å². The molecule has 0 heterocycles. The minimum Gasteiger partial charge on any atom is -0.389 e. The maximum absolute atomic E-state index is 5.68. The van der Waals surface area contributed by atoms with Crippen LogP contribution < -0.4 is 11.1 Å². The predicted molar refractivity (Wildman–Crippen MR) is 84.2 cm³/mol. The summed E-state index contributed by atoms with van der Waals surface area (Å²) in [5.41, 5.74) is 7.47. The van der Waals surface area contributed by atoms with E-state index in [1.807, 2.05) is 18.2 Å². The minimum absolute atomic E-state index is 0.396. The van der Waals surface area contributed by atoms with Gasteiger partial charge >= 0.3 is 0 Å². The van der Waals surface area contributed by atoms with Crippen molar-refractivity contribution in [1.82, 2.24) is 0 Å². The van der Waals surface area contributed by atoms with Gasteiger partial charge in [0.2, 0.25) is 0 Å². The zero-order valence-electron chi connectivity index (χ0n) is 10.7. The zero-order valence-corrected chi connectivity index (χ0v) is 13.1. The number of nitrogens with two attached hydrogens (primary N) is 1. The Labute approximate surface area is 122 Å². The lowest BCUT2D eigenvalue weighted by atomic mass is 10.2. The van der Waals surface area contributed by atoms with E-state index in [1.165, 1.54) is 0 Å². The van der Waals surface area contributed by atoms with Gasteiger partial charge in [-0.3, -0.25) is 0 Å². The predicted octanol–water partition coefficient (Wildman–Crippen LogP) is 3.17. The molecule has 0 aliphatic rings. The highest BCUT2D eigenvalue weighted by Gasteiger charge is 2.05. The van der Waals surface area contributed by atoms with Gasteiger partial charge in [0.15, 0.2) is 0 Å². The molecule has 0 saturated heterocycles. The molecule has 0 saturated carbocycles. The number of ether oxygens (including phenoxy) is 1. The molecule has 3 N–H and O–H groups in total. The van der Waals surface area contributed by atoms with Crippen LogP contribution in [0.4, 0.5) is 5.69 Å². The number of nitrogens with one attached hydrogen (secondary N) is 1. The smallest absolute Gasteiger partial charge is 0.106 e. The van der Waals surface area contributed by atoms with Gasteiger partial charge in [-0.15, -0.1) is 0 Å². The van der Waals surface area contributed by atoms with Gasteiger partial charge in [-0.2, -0.15) is 0 Å². The molecule has 1 aromatic rings. The maximum atomic E-state index is 5.68. The molecule has 1 rings (SSSR count). The van der Waals surface area contributed by atoms with E-state index in [-0.39, 0.29) is 0 Å². The number of rotatable bonds is 7. The van der Waals surface area contributed by atoms with Crippen LogP contribution in [0.1, 0.15) is 19.4 Å². The molecule has 100 valence electrons. The summed E-state index contributed by atoms with van der Waals surface area (Å²) in [6.45, 7) is 6.45. The van der Waals surface area contributed by atoms with Gasteiger partial charge in [0, 0.05) is 28.9 Å². The van der Waals surface area contributed by atoms with Crippen LogP contribution in [-0.2, 0) is 4.74 Å². The van der Waals surface area contributed by atoms with Crippen molar-refractivity contribution in [2.75, 3.05) is 25.1 Å². The molecule has 0 radical (unpaired) electrons. The summed E-state index contributed by atoms with van der Waals surface area (Å²) in [6.07, 6.45) is 0. The molecule has 0 aliphatic heterocycles. The van der Waals surface area contributed by atoms with E-state index in [0.717, 1.165) is 28.9 Å². The summed E-state index contributed by atoms with van der Waals surface area (Å²) in [5, 5.41) is 3.29. The van der Waals surface area contributed by atoms with Crippen LogP contribution in [0, 0.1) is 5.92 Å². The molecule has 0 atom stereocenters. The topological polar surface area (TPSA) is 47.3 Å². The monoisotopic (exact) mass is 330 g/mol. The summed E-state index contributed by atoms with van der Waals surface area (Å²) in [6, 6.07) is 5.80. The Morgan fingerprint density at radius 3 is 2.83 bits per heavy atom. The van der Waals surface area contributed by atoms with E-state index < -0.39 is 0 Å². The van der Waals surface area contributed by atoms with Gasteiger partial charge in [0.25, 0.3) is 0 Å². The number of benzene rings is 1. The van der Waals surface area contributed by atoms with Crippen molar-refractivity contribution >= 4 is 38.8 Å². The summed E-state index contributed by atoms with van der Waals surface area (Å²) in [4.78, 5) is 0.396. The van der Waals surface area contributed by atoms with Crippen molar-refractivity contribution in [3.8, 4) is 0 Å². The van der Waals surface area contributed by atoms with Crippen LogP contribution in [0.3, 0.4) is 0 Å². The van der Waals surface area contributed by atoms with E-state index in [4.69, 9.17) is 22.7 Å². The Morgan fingerprint density at radius 1 is 1.50 bits per heavy atom. The fourth-order valence-electron chi connectivity index (χ4n) is 1.45. The number of thiocarbonyl (C=S) groups is 1. The third-order valence-electron chi connectivity index (χ3n) is 2.26. The van der Waals surface area contributed by atoms with E-state index in [1.54, 1.807) is 0 Å². The zero-order chi connectivity index (χ0) is 13.5. The quantitative estimate of drug-likeness (QED) is 0.595. The van der Waals surface area contributed by atoms with Crippen LogP contribution in [0.15, 0.2) is 22.7 Å². The molecular formula is C13H19BrN2OS. The Hall–Kier alpha value is -0.650. The summed E-state index contributed by atoms with van der Waals surface area (Å²) in [7, 11) is 0. The summed E-state index contributed by atoms with van der Waals surface area (Å²) >= 11 is 8.45. The molecule has 5 heteroatoms. The summed E-state index contributed by atoms with van der Waals surface area (Å²) < 4.78 is 6.50. The van der Waals surface area contributed by atoms with Gasteiger partial charge in [0.1, 0.15) is 4.99 Å². The highest BCUT2D eigenvalue weighted by molar-refractivity contribution is 9.10. The minimum atomic E-state index is 0.396. The second kappa shape index (κ2) is 7.71. The van der Waals surface area contributed by atoms with Crippen LogP contribution >= 0.6 is 28.1 Å². The van der Waals surface area contributed by atoms with Crippen LogP contribution in [0.2, 0.25) is 0 Å². The number of hydrogen-bond acceptors (Lipinski definition) is 3. The van der Waals surface area contributed by atoms with Gasteiger partial charge in [0.05, 0.1) is 6.61 Å². The molecule has 0 fully saturated rings. The molecular weight excluding hydrogens is 312 g/mol. The lowest BCUT2D eigenvalue weighted by Crippen LogP contribution is -2.16. The molecule has 0 unspecified atom stereocenters. The molecule has 0 spiro atoms. The van der Waals surface area contributed by atoms with E-state index in [0.29, 0.717) is 17.5 Å². The van der Waals surface area contributed by atoms with Gasteiger partial charge in [-0.1, -0.05) is 42.0 Å². The van der Waals surface area contributed by atoms with Crippen molar-refractivity contribution in [3.05, 3.63) is 28.2 Å². The first-order valence-corrected chi connectivity index (χ1v) is 7.11. The Balaban J connectivity index is 2.50. The average molecular weight is 331 g/mol. The normalized spacial score (nSPS) is 10.7. The van der Waals surface area contributed by atoms with Crippen LogP contribution in [0.5, 0.6) is 0 Å². The lowest BCUT2D eigenvalue weighted by Gasteiger charge is -2.12. The number of halogens is 1. The lowest BCUT2D eigenvalue weighted by molar-refractivity contribution is 0.118. The summed E-state index contributed by atoms with van der Waals surface area (Å²) in [5.74, 6) is 0.558. The van der Waals surface area contributed by atoms with E-state index >= 15 is 0 Å². The van der Waals surface area contributed by atoms with Crippen molar-refractivity contribution < 1.29 is 4.74 Å². The van der Waals surface area contributed by atoms with Gasteiger partial charge < -0.3 is 15.8 Å². The van der Waals surface area contributed by atoms with Crippen molar-refractivity contribution in [2.45, 2.75) is 13.8 Å². The molecule has 0 bridgehead atoms. The van der Waals surface area contributed by atoms with E-state index in [2.05, 4.69) is 35.1 Å². The average Bonchev–Trinajstić information content (AvgIpc) is 2.27. The molecule has 0 aliphatic carbocycles. The van der Waals surface area contributed by atoms with Gasteiger partial charge in [-0.25, -0.2) is 0 Å². The van der Waals surface area contributed by atoms with Crippen molar-refractivity contribution in [2.24, 2.45) is 11.7 Å².